The zero-order valence-electron chi connectivity index (χ0n) is 10.4. The Morgan fingerprint density at radius 2 is 2.06 bits per heavy atom. The second-order valence-electron chi connectivity index (χ2n) is 4.61. The van der Waals surface area contributed by atoms with Crippen LogP contribution in [0.25, 0.3) is 0 Å². The molecule has 1 rings (SSSR count). The van der Waals surface area contributed by atoms with Gasteiger partial charge in [-0.1, -0.05) is 6.92 Å². The average molecular weight is 255 g/mol. The van der Waals surface area contributed by atoms with E-state index in [0.29, 0.717) is 12.4 Å². The van der Waals surface area contributed by atoms with E-state index < -0.39 is 10.3 Å². The molecule has 0 fully saturated rings. The van der Waals surface area contributed by atoms with Gasteiger partial charge in [-0.3, -0.25) is 10.1 Å². The minimum atomic E-state index is -0.641. The Morgan fingerprint density at radius 3 is 2.44 bits per heavy atom. The van der Waals surface area contributed by atoms with Crippen LogP contribution in [0.5, 0.6) is 0 Å². The number of pyridine rings is 1. The predicted octanol–water partition coefficient (Wildman–Crippen LogP) is 0.417. The molecule has 0 bridgehead atoms. The number of aliphatic hydroxyl groups excluding tert-OH is 2. The Hall–Kier alpha value is -1.73. The highest BCUT2D eigenvalue weighted by Crippen LogP contribution is 2.20. The first-order chi connectivity index (χ1) is 8.41. The van der Waals surface area contributed by atoms with Crippen molar-refractivity contribution < 1.29 is 15.1 Å². The standard InChI is InChI=1S/C11H17N3O4/c1-11(7-15,8-16)6-13(2)10-4-3-9(5-12-10)14(17)18/h3-5,15-16H,6-8H2,1-2H3. The van der Waals surface area contributed by atoms with Crippen LogP contribution in [0, 0.1) is 15.5 Å². The summed E-state index contributed by atoms with van der Waals surface area (Å²) in [5.41, 5.74) is -0.711. The van der Waals surface area contributed by atoms with Gasteiger partial charge < -0.3 is 15.1 Å². The lowest BCUT2D eigenvalue weighted by atomic mass is 9.92. The smallest absolute Gasteiger partial charge is 0.287 e. The highest BCUT2D eigenvalue weighted by molar-refractivity contribution is 5.42. The maximum Gasteiger partial charge on any atom is 0.287 e. The Bertz CT molecular complexity index is 403. The first kappa shape index (κ1) is 14.3. The zero-order valence-corrected chi connectivity index (χ0v) is 10.4. The molecule has 2 N–H and O–H groups in total. The summed E-state index contributed by atoms with van der Waals surface area (Å²) < 4.78 is 0. The topological polar surface area (TPSA) is 99.7 Å². The third-order valence-corrected chi connectivity index (χ3v) is 2.72. The molecule has 0 unspecified atom stereocenters. The maximum absolute atomic E-state index is 10.5. The summed E-state index contributed by atoms with van der Waals surface area (Å²) in [5, 5.41) is 28.9. The van der Waals surface area contributed by atoms with Crippen LogP contribution in [0.2, 0.25) is 0 Å². The number of nitrogens with zero attached hydrogens (tertiary/aromatic N) is 3. The van der Waals surface area contributed by atoms with E-state index in [9.17, 15) is 20.3 Å². The van der Waals surface area contributed by atoms with Gasteiger partial charge in [-0.05, 0) is 6.07 Å². The van der Waals surface area contributed by atoms with Gasteiger partial charge in [0.25, 0.3) is 5.69 Å². The van der Waals surface area contributed by atoms with Crippen LogP contribution in [-0.2, 0) is 0 Å². The van der Waals surface area contributed by atoms with Crippen LogP contribution in [0.3, 0.4) is 0 Å². The molecule has 0 aromatic carbocycles. The monoisotopic (exact) mass is 255 g/mol. The molecule has 0 radical (unpaired) electrons. The van der Waals surface area contributed by atoms with Crippen molar-refractivity contribution in [3.63, 3.8) is 0 Å². The van der Waals surface area contributed by atoms with Gasteiger partial charge in [0.1, 0.15) is 12.0 Å². The van der Waals surface area contributed by atoms with Gasteiger partial charge in [0.15, 0.2) is 0 Å². The van der Waals surface area contributed by atoms with E-state index in [1.54, 1.807) is 18.9 Å². The summed E-state index contributed by atoms with van der Waals surface area (Å²) in [5.74, 6) is 0.550. The van der Waals surface area contributed by atoms with E-state index in [-0.39, 0.29) is 18.9 Å². The Morgan fingerprint density at radius 1 is 1.44 bits per heavy atom. The van der Waals surface area contributed by atoms with E-state index >= 15 is 0 Å². The van der Waals surface area contributed by atoms with Crippen LogP contribution >= 0.6 is 0 Å². The van der Waals surface area contributed by atoms with E-state index in [0.717, 1.165) is 0 Å². The number of rotatable bonds is 6. The quantitative estimate of drug-likeness (QED) is 0.564. The summed E-state index contributed by atoms with van der Waals surface area (Å²) in [6, 6.07) is 2.90. The van der Waals surface area contributed by atoms with Gasteiger partial charge in [0.2, 0.25) is 0 Å². The number of nitro groups is 1. The summed E-state index contributed by atoms with van der Waals surface area (Å²) in [6.45, 7) is 1.83. The molecule has 0 saturated carbocycles. The zero-order chi connectivity index (χ0) is 13.8. The van der Waals surface area contributed by atoms with Gasteiger partial charge in [0, 0.05) is 25.1 Å². The first-order valence-corrected chi connectivity index (χ1v) is 5.45. The molecular formula is C11H17N3O4. The number of aliphatic hydroxyl groups is 2. The molecular weight excluding hydrogens is 238 g/mol. The molecule has 0 amide bonds. The van der Waals surface area contributed by atoms with Crippen LogP contribution in [0.1, 0.15) is 6.92 Å². The van der Waals surface area contributed by atoms with E-state index in [1.165, 1.54) is 18.3 Å². The number of anilines is 1. The fraction of sp³-hybridized carbons (Fsp3) is 0.545. The molecule has 1 aromatic rings. The Balaban J connectivity index is 2.78. The predicted molar refractivity (Wildman–Crippen MR) is 66.4 cm³/mol. The molecule has 0 aliphatic rings. The lowest BCUT2D eigenvalue weighted by molar-refractivity contribution is -0.385. The second kappa shape index (κ2) is 5.74. The number of aromatic nitrogens is 1. The summed E-state index contributed by atoms with van der Waals surface area (Å²) in [6.07, 6.45) is 1.18. The van der Waals surface area contributed by atoms with Crippen LogP contribution in [-0.4, -0.2) is 46.9 Å². The van der Waals surface area contributed by atoms with Gasteiger partial charge >= 0.3 is 0 Å². The molecule has 0 spiro atoms. The minimum absolute atomic E-state index is 0.0702. The normalized spacial score (nSPS) is 11.3. The van der Waals surface area contributed by atoms with Gasteiger partial charge in [-0.15, -0.1) is 0 Å². The largest absolute Gasteiger partial charge is 0.396 e. The van der Waals surface area contributed by atoms with Gasteiger partial charge in [0.05, 0.1) is 18.1 Å². The molecule has 18 heavy (non-hydrogen) atoms. The van der Waals surface area contributed by atoms with Crippen LogP contribution in [0.15, 0.2) is 18.3 Å². The second-order valence-corrected chi connectivity index (χ2v) is 4.61. The molecule has 7 nitrogen and oxygen atoms in total. The number of hydrogen-bond acceptors (Lipinski definition) is 6. The van der Waals surface area contributed by atoms with E-state index in [2.05, 4.69) is 4.98 Å². The molecule has 0 atom stereocenters. The molecule has 0 aliphatic carbocycles. The summed E-state index contributed by atoms with van der Waals surface area (Å²) in [4.78, 5) is 15.7. The summed E-state index contributed by atoms with van der Waals surface area (Å²) in [7, 11) is 1.75. The van der Waals surface area contributed by atoms with Crippen molar-refractivity contribution in [2.24, 2.45) is 5.41 Å². The van der Waals surface area contributed by atoms with Crippen molar-refractivity contribution in [1.82, 2.24) is 4.98 Å². The highest BCUT2D eigenvalue weighted by Gasteiger charge is 2.25. The third-order valence-electron chi connectivity index (χ3n) is 2.72. The van der Waals surface area contributed by atoms with Crippen molar-refractivity contribution in [3.05, 3.63) is 28.4 Å². The van der Waals surface area contributed by atoms with Gasteiger partial charge in [-0.2, -0.15) is 0 Å². The summed E-state index contributed by atoms with van der Waals surface area (Å²) >= 11 is 0. The van der Waals surface area contributed by atoms with Crippen molar-refractivity contribution in [2.75, 3.05) is 31.7 Å². The fourth-order valence-electron chi connectivity index (χ4n) is 1.52. The molecule has 1 heterocycles. The molecule has 1 aromatic heterocycles. The van der Waals surface area contributed by atoms with Crippen molar-refractivity contribution >= 4 is 11.5 Å². The van der Waals surface area contributed by atoms with Crippen molar-refractivity contribution in [3.8, 4) is 0 Å². The maximum atomic E-state index is 10.5. The molecule has 100 valence electrons. The van der Waals surface area contributed by atoms with E-state index in [1.807, 2.05) is 0 Å². The highest BCUT2D eigenvalue weighted by atomic mass is 16.6. The number of hydrogen-bond donors (Lipinski definition) is 2. The van der Waals surface area contributed by atoms with Crippen molar-refractivity contribution in [2.45, 2.75) is 6.92 Å². The van der Waals surface area contributed by atoms with Crippen LogP contribution < -0.4 is 4.90 Å². The minimum Gasteiger partial charge on any atom is -0.396 e. The average Bonchev–Trinajstić information content (AvgIpc) is 2.38. The molecule has 7 heteroatoms. The Labute approximate surface area is 105 Å². The Kier molecular flexibility index (Phi) is 4.57. The van der Waals surface area contributed by atoms with Crippen LogP contribution in [0.4, 0.5) is 11.5 Å². The lowest BCUT2D eigenvalue weighted by Gasteiger charge is -2.30. The molecule has 0 aliphatic heterocycles. The fourth-order valence-corrected chi connectivity index (χ4v) is 1.52. The van der Waals surface area contributed by atoms with E-state index in [4.69, 9.17) is 0 Å². The SMILES string of the molecule is CN(CC(C)(CO)CO)c1ccc([N+](=O)[O-])cn1. The first-order valence-electron chi connectivity index (χ1n) is 5.45. The third kappa shape index (κ3) is 3.38. The lowest BCUT2D eigenvalue weighted by Crippen LogP contribution is -2.39. The van der Waals surface area contributed by atoms with Crippen molar-refractivity contribution in [1.29, 1.82) is 0 Å². The molecule has 0 saturated heterocycles. The van der Waals surface area contributed by atoms with Gasteiger partial charge in [-0.25, -0.2) is 4.98 Å².